The van der Waals surface area contributed by atoms with E-state index in [1.54, 1.807) is 43.3 Å². The second-order valence-electron chi connectivity index (χ2n) is 5.75. The Balaban J connectivity index is 1.67. The smallest absolute Gasteiger partial charge is 0.324 e. The lowest BCUT2D eigenvalue weighted by atomic mass is 10.1. The lowest BCUT2D eigenvalue weighted by molar-refractivity contribution is -0.125. The van der Waals surface area contributed by atoms with Crippen molar-refractivity contribution in [1.29, 1.82) is 0 Å². The molecule has 25 heavy (non-hydrogen) atoms. The van der Waals surface area contributed by atoms with Gasteiger partial charge >= 0.3 is 6.03 Å². The molecular weight excluding hydrogens is 325 g/mol. The predicted molar refractivity (Wildman–Crippen MR) is 89.5 cm³/mol. The van der Waals surface area contributed by atoms with E-state index in [1.807, 2.05) is 0 Å². The Morgan fingerprint density at radius 1 is 1.20 bits per heavy atom. The fourth-order valence-corrected chi connectivity index (χ4v) is 2.43. The summed E-state index contributed by atoms with van der Waals surface area (Å²) in [6.45, 7) is 1.80. The molecule has 0 aliphatic carbocycles. The molecule has 0 bridgehead atoms. The van der Waals surface area contributed by atoms with Crippen LogP contribution in [0.15, 0.2) is 42.5 Å². The van der Waals surface area contributed by atoms with Crippen molar-refractivity contribution in [2.24, 2.45) is 0 Å². The van der Waals surface area contributed by atoms with E-state index in [0.717, 1.165) is 10.5 Å². The van der Waals surface area contributed by atoms with Crippen LogP contribution in [0.2, 0.25) is 0 Å². The molecule has 1 saturated heterocycles. The highest BCUT2D eigenvalue weighted by Crippen LogP contribution is 2.16. The first-order valence-electron chi connectivity index (χ1n) is 7.68. The van der Waals surface area contributed by atoms with Gasteiger partial charge in [-0.05, 0) is 42.3 Å². The van der Waals surface area contributed by atoms with Gasteiger partial charge in [0.05, 0.1) is 13.1 Å². The zero-order valence-corrected chi connectivity index (χ0v) is 13.5. The molecule has 1 heterocycles. The summed E-state index contributed by atoms with van der Waals surface area (Å²) in [4.78, 5) is 36.4. The molecule has 6 nitrogen and oxygen atoms in total. The van der Waals surface area contributed by atoms with E-state index in [2.05, 4.69) is 10.6 Å². The SMILES string of the molecule is Cc1ccc(NC(=O)c2ccc(CN3C(=O)CNC3=O)cc2)cc1F. The first-order chi connectivity index (χ1) is 11.9. The second kappa shape index (κ2) is 6.72. The number of nitrogens with zero attached hydrogens (tertiary/aromatic N) is 1. The number of nitrogens with one attached hydrogen (secondary N) is 2. The Morgan fingerprint density at radius 3 is 2.52 bits per heavy atom. The minimum atomic E-state index is -0.423. The topological polar surface area (TPSA) is 78.5 Å². The molecule has 0 atom stereocenters. The third-order valence-corrected chi connectivity index (χ3v) is 3.92. The first kappa shape index (κ1) is 16.6. The van der Waals surface area contributed by atoms with Crippen LogP contribution in [0.25, 0.3) is 0 Å². The Bertz CT molecular complexity index is 833. The van der Waals surface area contributed by atoms with Crippen molar-refractivity contribution in [3.05, 3.63) is 65.0 Å². The number of rotatable bonds is 4. The molecule has 0 radical (unpaired) electrons. The number of hydrogen-bond donors (Lipinski definition) is 2. The van der Waals surface area contributed by atoms with E-state index in [0.29, 0.717) is 16.8 Å². The van der Waals surface area contributed by atoms with Gasteiger partial charge in [-0.15, -0.1) is 0 Å². The average Bonchev–Trinajstić information content (AvgIpc) is 2.91. The number of amides is 4. The first-order valence-corrected chi connectivity index (χ1v) is 7.68. The van der Waals surface area contributed by atoms with Crippen molar-refractivity contribution >= 4 is 23.5 Å². The molecule has 0 unspecified atom stereocenters. The van der Waals surface area contributed by atoms with E-state index in [4.69, 9.17) is 0 Å². The monoisotopic (exact) mass is 341 g/mol. The van der Waals surface area contributed by atoms with Crippen molar-refractivity contribution in [2.75, 3.05) is 11.9 Å². The Labute approximate surface area is 143 Å². The normalized spacial score (nSPS) is 13.8. The van der Waals surface area contributed by atoms with Crippen molar-refractivity contribution in [3.8, 4) is 0 Å². The fraction of sp³-hybridized carbons (Fsp3) is 0.167. The Hall–Kier alpha value is -3.22. The Kier molecular flexibility index (Phi) is 4.47. The van der Waals surface area contributed by atoms with E-state index >= 15 is 0 Å². The fourth-order valence-electron chi connectivity index (χ4n) is 2.43. The van der Waals surface area contributed by atoms with Gasteiger partial charge in [-0.2, -0.15) is 0 Å². The van der Waals surface area contributed by atoms with Crippen LogP contribution in [0.5, 0.6) is 0 Å². The third kappa shape index (κ3) is 3.65. The summed E-state index contributed by atoms with van der Waals surface area (Å²) >= 11 is 0. The molecule has 2 aromatic rings. The largest absolute Gasteiger partial charge is 0.329 e. The number of hydrogen-bond acceptors (Lipinski definition) is 3. The molecule has 0 spiro atoms. The van der Waals surface area contributed by atoms with Crippen LogP contribution in [-0.2, 0) is 11.3 Å². The average molecular weight is 341 g/mol. The zero-order chi connectivity index (χ0) is 18.0. The molecule has 1 aliphatic rings. The second-order valence-corrected chi connectivity index (χ2v) is 5.75. The molecule has 4 amide bonds. The van der Waals surface area contributed by atoms with Crippen molar-refractivity contribution in [1.82, 2.24) is 10.2 Å². The summed E-state index contributed by atoms with van der Waals surface area (Å²) in [7, 11) is 0. The summed E-state index contributed by atoms with van der Waals surface area (Å²) in [5.41, 5.74) is 1.99. The molecule has 1 aliphatic heterocycles. The molecule has 7 heteroatoms. The van der Waals surface area contributed by atoms with E-state index in [-0.39, 0.29) is 30.7 Å². The molecule has 2 N–H and O–H groups in total. The van der Waals surface area contributed by atoms with Gasteiger partial charge in [0.15, 0.2) is 0 Å². The number of halogens is 1. The number of aryl methyl sites for hydroxylation is 1. The standard InChI is InChI=1S/C18H16FN3O3/c1-11-2-7-14(8-15(11)19)21-17(24)13-5-3-12(4-6-13)10-22-16(23)9-20-18(22)25/h2-8H,9-10H2,1H3,(H,20,25)(H,21,24). The maximum absolute atomic E-state index is 13.5. The van der Waals surface area contributed by atoms with Crippen LogP contribution in [0.1, 0.15) is 21.5 Å². The van der Waals surface area contributed by atoms with E-state index in [1.165, 1.54) is 6.07 Å². The van der Waals surface area contributed by atoms with E-state index < -0.39 is 6.03 Å². The maximum atomic E-state index is 13.5. The molecule has 2 aromatic carbocycles. The number of carbonyl (C=O) groups is 3. The van der Waals surface area contributed by atoms with Gasteiger partial charge in [0.25, 0.3) is 5.91 Å². The van der Waals surface area contributed by atoms with Crippen molar-refractivity contribution in [2.45, 2.75) is 13.5 Å². The number of urea groups is 1. The van der Waals surface area contributed by atoms with Crippen molar-refractivity contribution in [3.63, 3.8) is 0 Å². The summed E-state index contributed by atoms with van der Waals surface area (Å²) in [6.07, 6.45) is 0. The number of anilines is 1. The van der Waals surface area contributed by atoms with Gasteiger partial charge in [0.2, 0.25) is 5.91 Å². The van der Waals surface area contributed by atoms with Gasteiger partial charge in [-0.25, -0.2) is 9.18 Å². The summed E-state index contributed by atoms with van der Waals surface area (Å²) in [5.74, 6) is -1.04. The van der Waals surface area contributed by atoms with Gasteiger partial charge in [-0.1, -0.05) is 18.2 Å². The highest BCUT2D eigenvalue weighted by molar-refractivity contribution is 6.04. The Morgan fingerprint density at radius 2 is 1.92 bits per heavy atom. The zero-order valence-electron chi connectivity index (χ0n) is 13.5. The number of benzene rings is 2. The van der Waals surface area contributed by atoms with Crippen LogP contribution in [0, 0.1) is 12.7 Å². The summed E-state index contributed by atoms with van der Waals surface area (Å²) in [5, 5.41) is 5.07. The molecule has 0 aromatic heterocycles. The lowest BCUT2D eigenvalue weighted by Gasteiger charge is -2.12. The van der Waals surface area contributed by atoms with Gasteiger partial charge in [0, 0.05) is 11.3 Å². The maximum Gasteiger partial charge on any atom is 0.324 e. The molecule has 128 valence electrons. The lowest BCUT2D eigenvalue weighted by Crippen LogP contribution is -2.30. The summed E-state index contributed by atoms with van der Waals surface area (Å²) < 4.78 is 13.5. The molecule has 1 fully saturated rings. The molecular formula is C18H16FN3O3. The van der Waals surface area contributed by atoms with Gasteiger partial charge in [-0.3, -0.25) is 14.5 Å². The quantitative estimate of drug-likeness (QED) is 0.839. The predicted octanol–water partition coefficient (Wildman–Crippen LogP) is 2.44. The number of carbonyl (C=O) groups excluding carboxylic acids is 3. The van der Waals surface area contributed by atoms with Crippen LogP contribution in [0.3, 0.4) is 0 Å². The van der Waals surface area contributed by atoms with E-state index in [9.17, 15) is 18.8 Å². The third-order valence-electron chi connectivity index (χ3n) is 3.92. The summed E-state index contributed by atoms with van der Waals surface area (Å²) in [6, 6.07) is 10.6. The highest BCUT2D eigenvalue weighted by atomic mass is 19.1. The van der Waals surface area contributed by atoms with Crippen molar-refractivity contribution < 1.29 is 18.8 Å². The minimum absolute atomic E-state index is 0.00638. The molecule has 0 saturated carbocycles. The minimum Gasteiger partial charge on any atom is -0.329 e. The van der Waals surface area contributed by atoms with Gasteiger partial charge < -0.3 is 10.6 Å². The molecule has 3 rings (SSSR count). The van der Waals surface area contributed by atoms with Crippen LogP contribution < -0.4 is 10.6 Å². The highest BCUT2D eigenvalue weighted by Gasteiger charge is 2.28. The van der Waals surface area contributed by atoms with Crippen LogP contribution in [-0.4, -0.2) is 29.3 Å². The van der Waals surface area contributed by atoms with Crippen LogP contribution >= 0.6 is 0 Å². The van der Waals surface area contributed by atoms with Gasteiger partial charge in [0.1, 0.15) is 5.82 Å². The van der Waals surface area contributed by atoms with Crippen LogP contribution in [0.4, 0.5) is 14.9 Å². The number of imide groups is 1.